The van der Waals surface area contributed by atoms with Gasteiger partial charge in [0.05, 0.1) is 0 Å². The van der Waals surface area contributed by atoms with E-state index < -0.39 is 5.97 Å². The molecule has 2 aliphatic rings. The summed E-state index contributed by atoms with van der Waals surface area (Å²) in [6, 6.07) is 2.22. The van der Waals surface area contributed by atoms with Gasteiger partial charge < -0.3 is 10.0 Å². The highest BCUT2D eigenvalue weighted by atomic mass is 32.1. The fourth-order valence-corrected chi connectivity index (χ4v) is 5.95. The summed E-state index contributed by atoms with van der Waals surface area (Å²) in [5.74, 6) is 1.17. The second-order valence-corrected chi connectivity index (χ2v) is 9.92. The van der Waals surface area contributed by atoms with Gasteiger partial charge in [0.2, 0.25) is 0 Å². The largest absolute Gasteiger partial charge is 0.477 e. The lowest BCUT2D eigenvalue weighted by atomic mass is 9.75. The summed E-state index contributed by atoms with van der Waals surface area (Å²) in [5, 5.41) is 9.89. The lowest BCUT2D eigenvalue weighted by Gasteiger charge is -2.35. The zero-order chi connectivity index (χ0) is 19.6. The predicted molar refractivity (Wildman–Crippen MR) is 115 cm³/mol. The van der Waals surface area contributed by atoms with Crippen molar-refractivity contribution in [1.29, 1.82) is 0 Å². The lowest BCUT2D eigenvalue weighted by Crippen LogP contribution is -2.30. The molecular weight excluding hydrogens is 354 g/mol. The monoisotopic (exact) mass is 389 g/mol. The van der Waals surface area contributed by atoms with Crippen LogP contribution in [-0.2, 0) is 0 Å². The number of likely N-dealkylation sites (N-methyl/N-ethyl adjacent to an activating group) is 1. The Morgan fingerprint density at radius 2 is 2.04 bits per heavy atom. The van der Waals surface area contributed by atoms with E-state index in [1.165, 1.54) is 47.5 Å². The first-order valence-corrected chi connectivity index (χ1v) is 11.5. The summed E-state index contributed by atoms with van der Waals surface area (Å²) in [6.45, 7) is 8.78. The van der Waals surface area contributed by atoms with E-state index in [0.717, 1.165) is 43.8 Å². The van der Waals surface area contributed by atoms with E-state index in [4.69, 9.17) is 0 Å². The third kappa shape index (κ3) is 4.65. The van der Waals surface area contributed by atoms with Gasteiger partial charge in [0.1, 0.15) is 4.88 Å². The van der Waals surface area contributed by atoms with E-state index in [-0.39, 0.29) is 0 Å². The quantitative estimate of drug-likeness (QED) is 0.624. The summed E-state index contributed by atoms with van der Waals surface area (Å²) < 4.78 is 0. The predicted octanol–water partition coefficient (Wildman–Crippen LogP) is 6.27. The molecule has 1 unspecified atom stereocenters. The molecule has 1 aliphatic carbocycles. The Morgan fingerprint density at radius 1 is 1.33 bits per heavy atom. The summed E-state index contributed by atoms with van der Waals surface area (Å²) >= 11 is 1.51. The molecule has 1 aromatic heterocycles. The van der Waals surface area contributed by atoms with Gasteiger partial charge in [-0.3, -0.25) is 0 Å². The van der Waals surface area contributed by atoms with Crippen molar-refractivity contribution in [2.75, 3.05) is 20.1 Å². The maximum Gasteiger partial charge on any atom is 0.346 e. The smallest absolute Gasteiger partial charge is 0.346 e. The van der Waals surface area contributed by atoms with Crippen LogP contribution >= 0.6 is 11.3 Å². The van der Waals surface area contributed by atoms with Crippen LogP contribution in [0.25, 0.3) is 5.57 Å². The number of nitrogens with zero attached hydrogens (tertiary/aromatic N) is 1. The fraction of sp³-hybridized carbons (Fsp3) is 0.696. The van der Waals surface area contributed by atoms with Gasteiger partial charge in [0, 0.05) is 23.5 Å². The van der Waals surface area contributed by atoms with Crippen LogP contribution in [0.3, 0.4) is 0 Å². The van der Waals surface area contributed by atoms with E-state index >= 15 is 0 Å². The molecule has 0 aromatic carbocycles. The molecule has 3 nitrogen and oxygen atoms in total. The second-order valence-electron chi connectivity index (χ2n) is 8.83. The molecule has 4 heteroatoms. The molecule has 3 rings (SSSR count). The summed E-state index contributed by atoms with van der Waals surface area (Å²) in [5.41, 5.74) is 3.91. The van der Waals surface area contributed by atoms with Crippen molar-refractivity contribution in [3.63, 3.8) is 0 Å². The van der Waals surface area contributed by atoms with Crippen LogP contribution in [0.15, 0.2) is 11.6 Å². The molecule has 1 aromatic rings. The third-order valence-corrected chi connectivity index (χ3v) is 7.92. The number of carboxylic acids is 1. The molecule has 0 radical (unpaired) electrons. The molecule has 1 N–H and O–H groups in total. The first-order valence-electron chi connectivity index (χ1n) is 10.7. The molecule has 1 aliphatic heterocycles. The maximum atomic E-state index is 12.0. The standard InChI is InChI=1S/C23H35NO2S/c1-5-6-16(3)21-13-19(22(27-21)23(25)26)20-14-24(4)12-11-18(20)17-9-7-15(2)8-10-17/h13,15-17H,5-12,14H2,1-4H3,(H,25,26). The van der Waals surface area contributed by atoms with E-state index in [2.05, 4.69) is 38.8 Å². The van der Waals surface area contributed by atoms with Crippen LogP contribution in [0.1, 0.15) is 91.7 Å². The molecule has 1 atom stereocenters. The number of rotatable bonds is 6. The van der Waals surface area contributed by atoms with E-state index in [1.807, 2.05) is 0 Å². The van der Waals surface area contributed by atoms with Crippen molar-refractivity contribution in [1.82, 2.24) is 4.90 Å². The van der Waals surface area contributed by atoms with E-state index in [9.17, 15) is 9.90 Å². The normalized spacial score (nSPS) is 25.6. The van der Waals surface area contributed by atoms with Gasteiger partial charge in [0.25, 0.3) is 0 Å². The van der Waals surface area contributed by atoms with Gasteiger partial charge in [-0.25, -0.2) is 4.79 Å². The average molecular weight is 390 g/mol. The first-order chi connectivity index (χ1) is 12.9. The number of carbonyl (C=O) groups is 1. The minimum Gasteiger partial charge on any atom is -0.477 e. The van der Waals surface area contributed by atoms with Crippen LogP contribution in [-0.4, -0.2) is 36.1 Å². The van der Waals surface area contributed by atoms with Crippen molar-refractivity contribution in [3.8, 4) is 0 Å². The van der Waals surface area contributed by atoms with Crippen molar-refractivity contribution in [3.05, 3.63) is 27.0 Å². The van der Waals surface area contributed by atoms with Gasteiger partial charge in [-0.2, -0.15) is 0 Å². The number of thiophene rings is 1. The molecule has 0 saturated heterocycles. The molecule has 27 heavy (non-hydrogen) atoms. The van der Waals surface area contributed by atoms with Gasteiger partial charge >= 0.3 is 5.97 Å². The number of hydrogen-bond acceptors (Lipinski definition) is 3. The van der Waals surface area contributed by atoms with Crippen LogP contribution < -0.4 is 0 Å². The Kier molecular flexibility index (Phi) is 6.80. The molecule has 1 fully saturated rings. The molecular formula is C23H35NO2S. The molecule has 0 spiro atoms. The number of hydrogen-bond donors (Lipinski definition) is 1. The Labute approximate surface area is 168 Å². The molecule has 1 saturated carbocycles. The van der Waals surface area contributed by atoms with Gasteiger partial charge in [-0.1, -0.05) is 45.6 Å². The Hall–Kier alpha value is -1.13. The van der Waals surface area contributed by atoms with Crippen LogP contribution in [0.2, 0.25) is 0 Å². The van der Waals surface area contributed by atoms with E-state index in [0.29, 0.717) is 16.7 Å². The lowest BCUT2D eigenvalue weighted by molar-refractivity contribution is 0.0702. The van der Waals surface area contributed by atoms with Gasteiger partial charge in [-0.15, -0.1) is 11.3 Å². The fourth-order valence-electron chi connectivity index (χ4n) is 4.84. The van der Waals surface area contributed by atoms with Crippen molar-refractivity contribution in [2.45, 2.75) is 71.6 Å². The number of carboxylic acid groups (broad SMARTS) is 1. The maximum absolute atomic E-state index is 12.0. The summed E-state index contributed by atoms with van der Waals surface area (Å²) in [4.78, 5) is 16.2. The Balaban J connectivity index is 2.02. The zero-order valence-electron chi connectivity index (χ0n) is 17.4. The zero-order valence-corrected chi connectivity index (χ0v) is 18.2. The number of aromatic carboxylic acids is 1. The van der Waals surface area contributed by atoms with Gasteiger partial charge in [0.15, 0.2) is 0 Å². The SMILES string of the molecule is CCCC(C)c1cc(C2=C(C3CCC(C)CC3)CCN(C)C2)c(C(=O)O)s1. The topological polar surface area (TPSA) is 40.5 Å². The Morgan fingerprint density at radius 3 is 2.67 bits per heavy atom. The third-order valence-electron chi connectivity index (χ3n) is 6.57. The first kappa shape index (κ1) is 20.6. The highest BCUT2D eigenvalue weighted by molar-refractivity contribution is 7.14. The summed E-state index contributed by atoms with van der Waals surface area (Å²) in [7, 11) is 2.16. The average Bonchev–Trinajstić information content (AvgIpc) is 3.08. The van der Waals surface area contributed by atoms with Crippen molar-refractivity contribution >= 4 is 22.9 Å². The highest BCUT2D eigenvalue weighted by Crippen LogP contribution is 2.43. The van der Waals surface area contributed by atoms with Crippen LogP contribution in [0, 0.1) is 11.8 Å². The minimum atomic E-state index is -0.762. The van der Waals surface area contributed by atoms with Crippen molar-refractivity contribution < 1.29 is 9.90 Å². The van der Waals surface area contributed by atoms with Crippen LogP contribution in [0.4, 0.5) is 0 Å². The minimum absolute atomic E-state index is 0.438. The molecule has 2 heterocycles. The van der Waals surface area contributed by atoms with Crippen LogP contribution in [0.5, 0.6) is 0 Å². The molecule has 0 amide bonds. The second kappa shape index (κ2) is 8.91. The van der Waals surface area contributed by atoms with E-state index in [1.54, 1.807) is 5.57 Å². The van der Waals surface area contributed by atoms with Gasteiger partial charge in [-0.05, 0) is 62.1 Å². The highest BCUT2D eigenvalue weighted by Gasteiger charge is 2.30. The molecule has 150 valence electrons. The molecule has 0 bridgehead atoms. The summed E-state index contributed by atoms with van der Waals surface area (Å²) in [6.07, 6.45) is 8.51. The Bertz CT molecular complexity index is 697. The van der Waals surface area contributed by atoms with Crippen molar-refractivity contribution in [2.24, 2.45) is 11.8 Å².